The molecule has 0 unspecified atom stereocenters. The van der Waals surface area contributed by atoms with Crippen molar-refractivity contribution in [3.8, 4) is 0 Å². The third-order valence-electron chi connectivity index (χ3n) is 4.12. The van der Waals surface area contributed by atoms with E-state index in [-0.39, 0.29) is 10.0 Å². The summed E-state index contributed by atoms with van der Waals surface area (Å²) in [6.07, 6.45) is 3.21. The number of rotatable bonds is 6. The van der Waals surface area contributed by atoms with Crippen LogP contribution in [0.4, 0.5) is 21.4 Å². The van der Waals surface area contributed by atoms with Crippen LogP contribution < -0.4 is 0 Å². The summed E-state index contributed by atoms with van der Waals surface area (Å²) in [6.45, 7) is 0. The average Bonchev–Trinajstić information content (AvgIpc) is 3.40. The topological polar surface area (TPSA) is 111 Å². The molecule has 0 saturated heterocycles. The number of fused-ring (bicyclic) bond motifs is 1. The Hall–Kier alpha value is -3.76. The van der Waals surface area contributed by atoms with Crippen LogP contribution in [-0.2, 0) is 0 Å². The summed E-state index contributed by atoms with van der Waals surface area (Å²) in [5, 5.41) is 23.6. The van der Waals surface area contributed by atoms with Gasteiger partial charge in [0.1, 0.15) is 0 Å². The number of thiophene rings is 2. The van der Waals surface area contributed by atoms with Gasteiger partial charge in [0.15, 0.2) is 0 Å². The van der Waals surface area contributed by atoms with Gasteiger partial charge in [0.25, 0.3) is 0 Å². The van der Waals surface area contributed by atoms with E-state index in [9.17, 15) is 20.2 Å². The Labute approximate surface area is 177 Å². The van der Waals surface area contributed by atoms with Crippen molar-refractivity contribution >= 4 is 67.3 Å². The quantitative estimate of drug-likeness (QED) is 0.201. The SMILES string of the molecule is O=[N+]([O-])c1ccc(C=Nc2cccc3c(N=Cc4ccc([N+](=O)[O-])s4)cccc23)s1. The van der Waals surface area contributed by atoms with Crippen molar-refractivity contribution in [2.75, 3.05) is 0 Å². The average molecular weight is 436 g/mol. The molecule has 2 aromatic heterocycles. The van der Waals surface area contributed by atoms with Crippen LogP contribution >= 0.6 is 22.7 Å². The number of nitro groups is 2. The van der Waals surface area contributed by atoms with Crippen LogP contribution in [0.5, 0.6) is 0 Å². The molecule has 4 rings (SSSR count). The number of hydrogen-bond donors (Lipinski definition) is 0. The standard InChI is InChI=1S/C20H12N4O4S2/c25-23(26)19-9-7-13(29-19)11-21-17-5-1-3-15-16(17)4-2-6-18(15)22-12-14-8-10-20(30-14)24(27)28/h1-12H. The van der Waals surface area contributed by atoms with E-state index in [4.69, 9.17) is 0 Å². The molecule has 2 aromatic carbocycles. The van der Waals surface area contributed by atoms with E-state index in [2.05, 4.69) is 9.98 Å². The second-order valence-electron chi connectivity index (χ2n) is 6.03. The Balaban J connectivity index is 1.65. The highest BCUT2D eigenvalue weighted by Gasteiger charge is 2.10. The summed E-state index contributed by atoms with van der Waals surface area (Å²) >= 11 is 2.12. The first kappa shape index (κ1) is 19.6. The van der Waals surface area contributed by atoms with Crippen LogP contribution in [0.25, 0.3) is 10.8 Å². The molecule has 0 aliphatic carbocycles. The molecule has 4 aromatic rings. The summed E-state index contributed by atoms with van der Waals surface area (Å²) < 4.78 is 0. The van der Waals surface area contributed by atoms with Gasteiger partial charge in [-0.05, 0) is 24.3 Å². The van der Waals surface area contributed by atoms with Crippen molar-refractivity contribution in [2.45, 2.75) is 0 Å². The van der Waals surface area contributed by atoms with Gasteiger partial charge in [-0.2, -0.15) is 0 Å². The van der Waals surface area contributed by atoms with Gasteiger partial charge in [-0.1, -0.05) is 46.9 Å². The maximum Gasteiger partial charge on any atom is 0.324 e. The third kappa shape index (κ3) is 4.14. The summed E-state index contributed by atoms with van der Waals surface area (Å²) in [5.41, 5.74) is 1.43. The molecular weight excluding hydrogens is 424 g/mol. The maximum atomic E-state index is 10.8. The number of benzene rings is 2. The highest BCUT2D eigenvalue weighted by atomic mass is 32.1. The normalized spacial score (nSPS) is 11.6. The fraction of sp³-hybridized carbons (Fsp3) is 0. The zero-order chi connectivity index (χ0) is 21.1. The molecule has 0 bridgehead atoms. The molecule has 0 spiro atoms. The van der Waals surface area contributed by atoms with E-state index in [0.717, 1.165) is 33.4 Å². The molecule has 0 N–H and O–H groups in total. The molecule has 0 atom stereocenters. The molecule has 0 radical (unpaired) electrons. The van der Waals surface area contributed by atoms with Gasteiger partial charge in [-0.3, -0.25) is 30.2 Å². The zero-order valence-corrected chi connectivity index (χ0v) is 16.8. The number of hydrogen-bond acceptors (Lipinski definition) is 8. The van der Waals surface area contributed by atoms with Gasteiger partial charge in [-0.15, -0.1) is 0 Å². The van der Waals surface area contributed by atoms with Gasteiger partial charge in [-0.25, -0.2) is 0 Å². The number of nitrogens with zero attached hydrogens (tertiary/aromatic N) is 4. The summed E-state index contributed by atoms with van der Waals surface area (Å²) in [4.78, 5) is 31.2. The fourth-order valence-corrected chi connectivity index (χ4v) is 4.17. The van der Waals surface area contributed by atoms with Crippen LogP contribution in [-0.4, -0.2) is 22.3 Å². The van der Waals surface area contributed by atoms with Crippen LogP contribution in [0.3, 0.4) is 0 Å². The van der Waals surface area contributed by atoms with E-state index in [0.29, 0.717) is 21.1 Å². The van der Waals surface area contributed by atoms with Gasteiger partial charge in [0.05, 0.1) is 31.0 Å². The highest BCUT2D eigenvalue weighted by molar-refractivity contribution is 7.17. The van der Waals surface area contributed by atoms with Crippen LogP contribution in [0.1, 0.15) is 9.75 Å². The minimum Gasteiger partial charge on any atom is -0.258 e. The van der Waals surface area contributed by atoms with E-state index < -0.39 is 9.85 Å². The van der Waals surface area contributed by atoms with Crippen LogP contribution in [0, 0.1) is 20.2 Å². The van der Waals surface area contributed by atoms with E-state index in [1.54, 1.807) is 24.6 Å². The van der Waals surface area contributed by atoms with Crippen molar-refractivity contribution in [1.82, 2.24) is 0 Å². The molecule has 0 aliphatic rings. The molecule has 10 heteroatoms. The first-order valence-corrected chi connectivity index (χ1v) is 10.2. The third-order valence-corrected chi connectivity index (χ3v) is 6.07. The van der Waals surface area contributed by atoms with Crippen molar-refractivity contribution in [3.63, 3.8) is 0 Å². The van der Waals surface area contributed by atoms with Crippen molar-refractivity contribution in [1.29, 1.82) is 0 Å². The second-order valence-corrected chi connectivity index (χ2v) is 8.22. The predicted octanol–water partition coefficient (Wildman–Crippen LogP) is 6.28. The van der Waals surface area contributed by atoms with Crippen molar-refractivity contribution in [2.24, 2.45) is 9.98 Å². The summed E-state index contributed by atoms with van der Waals surface area (Å²) in [5.74, 6) is 0. The first-order valence-electron chi connectivity index (χ1n) is 8.59. The Morgan fingerprint density at radius 1 is 0.667 bits per heavy atom. The zero-order valence-electron chi connectivity index (χ0n) is 15.2. The lowest BCUT2D eigenvalue weighted by Crippen LogP contribution is -1.81. The fourth-order valence-electron chi connectivity index (χ4n) is 2.79. The highest BCUT2D eigenvalue weighted by Crippen LogP contribution is 2.33. The Bertz CT molecular complexity index is 1220. The number of aliphatic imine (C=N–C) groups is 2. The molecule has 30 heavy (non-hydrogen) atoms. The summed E-state index contributed by atoms with van der Waals surface area (Å²) in [7, 11) is 0. The molecule has 0 saturated carbocycles. The van der Waals surface area contributed by atoms with Crippen molar-refractivity contribution in [3.05, 3.63) is 90.6 Å². The lowest BCUT2D eigenvalue weighted by atomic mass is 10.1. The molecule has 8 nitrogen and oxygen atoms in total. The minimum atomic E-state index is -0.424. The van der Waals surface area contributed by atoms with Crippen LogP contribution in [0.2, 0.25) is 0 Å². The molecule has 2 heterocycles. The lowest BCUT2D eigenvalue weighted by Gasteiger charge is -2.04. The monoisotopic (exact) mass is 436 g/mol. The molecule has 0 aliphatic heterocycles. The molecule has 148 valence electrons. The summed E-state index contributed by atoms with van der Waals surface area (Å²) in [6, 6.07) is 17.5. The maximum absolute atomic E-state index is 10.8. The van der Waals surface area contributed by atoms with E-state index in [1.807, 2.05) is 36.4 Å². The molecular formula is C20H12N4O4S2. The first-order chi connectivity index (χ1) is 14.5. The minimum absolute atomic E-state index is 0.0693. The lowest BCUT2D eigenvalue weighted by molar-refractivity contribution is -0.380. The predicted molar refractivity (Wildman–Crippen MR) is 120 cm³/mol. The molecule has 0 fully saturated rings. The Morgan fingerprint density at radius 2 is 1.10 bits per heavy atom. The van der Waals surface area contributed by atoms with E-state index >= 15 is 0 Å². The van der Waals surface area contributed by atoms with Crippen molar-refractivity contribution < 1.29 is 9.85 Å². The molecule has 0 amide bonds. The van der Waals surface area contributed by atoms with Gasteiger partial charge < -0.3 is 0 Å². The Kier molecular flexibility index (Phi) is 5.42. The van der Waals surface area contributed by atoms with E-state index in [1.165, 1.54) is 12.1 Å². The van der Waals surface area contributed by atoms with Gasteiger partial charge in [0, 0.05) is 35.3 Å². The van der Waals surface area contributed by atoms with Crippen LogP contribution in [0.15, 0.2) is 70.6 Å². The van der Waals surface area contributed by atoms with Gasteiger partial charge in [0.2, 0.25) is 0 Å². The Morgan fingerprint density at radius 3 is 1.47 bits per heavy atom. The van der Waals surface area contributed by atoms with Gasteiger partial charge >= 0.3 is 10.0 Å². The second kappa shape index (κ2) is 8.31. The smallest absolute Gasteiger partial charge is 0.258 e. The largest absolute Gasteiger partial charge is 0.324 e.